The number of pyridine rings is 1. The number of aromatic nitrogens is 1. The molecule has 1 atom stereocenters. The lowest BCUT2D eigenvalue weighted by atomic mass is 10.1. The van der Waals surface area contributed by atoms with Crippen LogP contribution in [0.25, 0.3) is 0 Å². The quantitative estimate of drug-likeness (QED) is 0.792. The molecule has 2 nitrogen and oxygen atoms in total. The van der Waals surface area contributed by atoms with E-state index in [4.69, 9.17) is 5.73 Å². The van der Waals surface area contributed by atoms with Crippen LogP contribution in [0.1, 0.15) is 43.1 Å². The van der Waals surface area contributed by atoms with Crippen LogP contribution in [0.4, 0.5) is 0 Å². The minimum Gasteiger partial charge on any atom is -0.323 e. The van der Waals surface area contributed by atoms with Gasteiger partial charge in [-0.15, -0.1) is 0 Å². The summed E-state index contributed by atoms with van der Waals surface area (Å²) < 4.78 is 0. The van der Waals surface area contributed by atoms with Crippen molar-refractivity contribution in [2.45, 2.75) is 38.6 Å². The molecule has 14 heavy (non-hydrogen) atoms. The second-order valence-corrected chi connectivity index (χ2v) is 4.33. The molecule has 1 heterocycles. The first-order valence-electron chi connectivity index (χ1n) is 5.45. The second kappa shape index (κ2) is 4.09. The van der Waals surface area contributed by atoms with Crippen LogP contribution in [0.15, 0.2) is 18.2 Å². The number of rotatable bonds is 4. The Kier molecular flexibility index (Phi) is 2.82. The van der Waals surface area contributed by atoms with E-state index < -0.39 is 0 Å². The van der Waals surface area contributed by atoms with Crippen molar-refractivity contribution < 1.29 is 0 Å². The van der Waals surface area contributed by atoms with E-state index in [1.807, 2.05) is 25.1 Å². The lowest BCUT2D eigenvalue weighted by Gasteiger charge is -2.10. The Bertz CT molecular complexity index is 305. The first kappa shape index (κ1) is 9.66. The molecule has 1 saturated carbocycles. The fraction of sp³-hybridized carbons (Fsp3) is 0.583. The smallest absolute Gasteiger partial charge is 0.0574 e. The third-order valence-corrected chi connectivity index (χ3v) is 2.87. The molecular weight excluding hydrogens is 172 g/mol. The normalized spacial score (nSPS) is 18.1. The van der Waals surface area contributed by atoms with Crippen molar-refractivity contribution in [2.75, 3.05) is 0 Å². The molecule has 2 heteroatoms. The molecule has 0 amide bonds. The van der Waals surface area contributed by atoms with E-state index in [9.17, 15) is 0 Å². The molecule has 1 aliphatic carbocycles. The van der Waals surface area contributed by atoms with Crippen LogP contribution >= 0.6 is 0 Å². The number of nitrogens with zero attached hydrogens (tertiary/aromatic N) is 1. The van der Waals surface area contributed by atoms with Crippen molar-refractivity contribution in [2.24, 2.45) is 11.7 Å². The Balaban J connectivity index is 1.91. The monoisotopic (exact) mass is 190 g/mol. The van der Waals surface area contributed by atoms with Gasteiger partial charge in [-0.05, 0) is 37.8 Å². The van der Waals surface area contributed by atoms with Crippen LogP contribution in [0.2, 0.25) is 0 Å². The third kappa shape index (κ3) is 2.55. The van der Waals surface area contributed by atoms with Gasteiger partial charge in [-0.25, -0.2) is 0 Å². The van der Waals surface area contributed by atoms with Gasteiger partial charge in [0.1, 0.15) is 0 Å². The Morgan fingerprint density at radius 3 is 2.93 bits per heavy atom. The van der Waals surface area contributed by atoms with Gasteiger partial charge in [-0.2, -0.15) is 0 Å². The van der Waals surface area contributed by atoms with Gasteiger partial charge < -0.3 is 5.73 Å². The van der Waals surface area contributed by atoms with E-state index in [1.54, 1.807) is 0 Å². The number of nitrogens with two attached hydrogens (primary N) is 1. The van der Waals surface area contributed by atoms with Crippen molar-refractivity contribution in [3.63, 3.8) is 0 Å². The van der Waals surface area contributed by atoms with Crippen molar-refractivity contribution in [1.82, 2.24) is 4.98 Å². The highest BCUT2D eigenvalue weighted by molar-refractivity contribution is 5.12. The van der Waals surface area contributed by atoms with Crippen LogP contribution in [0.3, 0.4) is 0 Å². The molecule has 0 radical (unpaired) electrons. The maximum absolute atomic E-state index is 6.08. The molecule has 1 fully saturated rings. The molecule has 76 valence electrons. The zero-order valence-corrected chi connectivity index (χ0v) is 8.74. The molecule has 2 rings (SSSR count). The SMILES string of the molecule is Cc1cccc(C(N)CCC2CC2)n1. The topological polar surface area (TPSA) is 38.9 Å². The van der Waals surface area contributed by atoms with Crippen molar-refractivity contribution >= 4 is 0 Å². The number of hydrogen-bond donors (Lipinski definition) is 1. The highest BCUT2D eigenvalue weighted by atomic mass is 14.8. The van der Waals surface area contributed by atoms with Gasteiger partial charge in [0, 0.05) is 11.7 Å². The lowest BCUT2D eigenvalue weighted by Crippen LogP contribution is -2.12. The van der Waals surface area contributed by atoms with Crippen molar-refractivity contribution in [1.29, 1.82) is 0 Å². The molecule has 0 spiro atoms. The molecule has 1 aliphatic rings. The van der Waals surface area contributed by atoms with Gasteiger partial charge in [0.15, 0.2) is 0 Å². The van der Waals surface area contributed by atoms with Crippen LogP contribution in [-0.4, -0.2) is 4.98 Å². The average Bonchev–Trinajstić information content (AvgIpc) is 2.97. The second-order valence-electron chi connectivity index (χ2n) is 4.33. The van der Waals surface area contributed by atoms with Crippen molar-refractivity contribution in [3.05, 3.63) is 29.6 Å². The first-order valence-corrected chi connectivity index (χ1v) is 5.45. The Morgan fingerprint density at radius 1 is 1.50 bits per heavy atom. The third-order valence-electron chi connectivity index (χ3n) is 2.87. The summed E-state index contributed by atoms with van der Waals surface area (Å²) in [6, 6.07) is 6.21. The van der Waals surface area contributed by atoms with Gasteiger partial charge in [0.05, 0.1) is 5.69 Å². The summed E-state index contributed by atoms with van der Waals surface area (Å²) in [4.78, 5) is 4.45. The highest BCUT2D eigenvalue weighted by Gasteiger charge is 2.22. The van der Waals surface area contributed by atoms with E-state index >= 15 is 0 Å². The molecule has 2 N–H and O–H groups in total. The van der Waals surface area contributed by atoms with Gasteiger partial charge in [0.25, 0.3) is 0 Å². The van der Waals surface area contributed by atoms with E-state index in [-0.39, 0.29) is 6.04 Å². The Hall–Kier alpha value is -0.890. The Morgan fingerprint density at radius 2 is 2.29 bits per heavy atom. The Labute approximate surface area is 85.5 Å². The maximum atomic E-state index is 6.08. The van der Waals surface area contributed by atoms with Crippen LogP contribution in [0.5, 0.6) is 0 Å². The summed E-state index contributed by atoms with van der Waals surface area (Å²) in [6.45, 7) is 2.01. The van der Waals surface area contributed by atoms with E-state index in [0.717, 1.165) is 23.7 Å². The predicted octanol–water partition coefficient (Wildman–Crippen LogP) is 2.58. The fourth-order valence-electron chi connectivity index (χ4n) is 1.74. The van der Waals surface area contributed by atoms with Crippen LogP contribution < -0.4 is 5.73 Å². The number of hydrogen-bond acceptors (Lipinski definition) is 2. The van der Waals surface area contributed by atoms with Gasteiger partial charge in [-0.1, -0.05) is 18.9 Å². The molecular formula is C12H18N2. The van der Waals surface area contributed by atoms with E-state index in [0.29, 0.717) is 0 Å². The summed E-state index contributed by atoms with van der Waals surface area (Å²) in [5, 5.41) is 0. The summed E-state index contributed by atoms with van der Waals surface area (Å²) in [7, 11) is 0. The number of aryl methyl sites for hydroxylation is 1. The molecule has 1 unspecified atom stereocenters. The molecule has 0 aromatic carbocycles. The van der Waals surface area contributed by atoms with Gasteiger partial charge >= 0.3 is 0 Å². The van der Waals surface area contributed by atoms with Gasteiger partial charge in [-0.3, -0.25) is 4.98 Å². The largest absolute Gasteiger partial charge is 0.323 e. The molecule has 1 aromatic rings. The zero-order valence-electron chi connectivity index (χ0n) is 8.74. The lowest BCUT2D eigenvalue weighted by molar-refractivity contribution is 0.564. The summed E-state index contributed by atoms with van der Waals surface area (Å²) in [5.41, 5.74) is 8.18. The van der Waals surface area contributed by atoms with Crippen LogP contribution in [-0.2, 0) is 0 Å². The minimum absolute atomic E-state index is 0.135. The standard InChI is InChI=1S/C12H18N2/c1-9-3-2-4-12(14-9)11(13)8-7-10-5-6-10/h2-4,10-11H,5-8,13H2,1H3. The summed E-state index contributed by atoms with van der Waals surface area (Å²) in [5.74, 6) is 0.964. The summed E-state index contributed by atoms with van der Waals surface area (Å²) in [6.07, 6.45) is 5.18. The summed E-state index contributed by atoms with van der Waals surface area (Å²) >= 11 is 0. The molecule has 0 aliphatic heterocycles. The minimum atomic E-state index is 0.135. The van der Waals surface area contributed by atoms with E-state index in [2.05, 4.69) is 4.98 Å². The maximum Gasteiger partial charge on any atom is 0.0574 e. The highest BCUT2D eigenvalue weighted by Crippen LogP contribution is 2.35. The first-order chi connectivity index (χ1) is 6.75. The fourth-order valence-corrected chi connectivity index (χ4v) is 1.74. The average molecular weight is 190 g/mol. The van der Waals surface area contributed by atoms with Crippen LogP contribution in [0, 0.1) is 12.8 Å². The molecule has 0 bridgehead atoms. The van der Waals surface area contributed by atoms with Gasteiger partial charge in [0.2, 0.25) is 0 Å². The molecule has 1 aromatic heterocycles. The van der Waals surface area contributed by atoms with Crippen molar-refractivity contribution in [3.8, 4) is 0 Å². The van der Waals surface area contributed by atoms with E-state index in [1.165, 1.54) is 19.3 Å². The zero-order chi connectivity index (χ0) is 9.97. The molecule has 0 saturated heterocycles. The predicted molar refractivity (Wildman–Crippen MR) is 57.9 cm³/mol.